The monoisotopic (exact) mass is 394 g/mol. The summed E-state index contributed by atoms with van der Waals surface area (Å²) in [5.74, 6) is 1.80. The van der Waals surface area contributed by atoms with Gasteiger partial charge in [-0.25, -0.2) is 9.78 Å². The van der Waals surface area contributed by atoms with Crippen LogP contribution >= 0.6 is 0 Å². The normalized spacial score (nSPS) is 51.5. The molecule has 0 N–H and O–H groups in total. The van der Waals surface area contributed by atoms with Gasteiger partial charge in [-0.3, -0.25) is 0 Å². The third-order valence-corrected chi connectivity index (χ3v) is 8.63. The second-order valence-electron chi connectivity index (χ2n) is 10.4. The molecule has 4 heterocycles. The van der Waals surface area contributed by atoms with Crippen LogP contribution in [0.15, 0.2) is 0 Å². The van der Waals surface area contributed by atoms with Gasteiger partial charge < -0.3 is 14.2 Å². The third-order valence-electron chi connectivity index (χ3n) is 8.63. The summed E-state index contributed by atoms with van der Waals surface area (Å²) >= 11 is 0. The van der Waals surface area contributed by atoms with Gasteiger partial charge in [-0.1, -0.05) is 46.0 Å². The minimum Gasteiger partial charge on any atom is -0.352 e. The van der Waals surface area contributed by atoms with Crippen molar-refractivity contribution in [2.45, 2.75) is 109 Å². The summed E-state index contributed by atoms with van der Waals surface area (Å²) in [4.78, 5) is 12.1. The summed E-state index contributed by atoms with van der Waals surface area (Å²) in [7, 11) is 0. The Hall–Kier alpha value is -0.200. The highest BCUT2D eigenvalue weighted by molar-refractivity contribution is 5.09. The first-order chi connectivity index (χ1) is 13.5. The minimum absolute atomic E-state index is 0.204. The van der Waals surface area contributed by atoms with Crippen molar-refractivity contribution in [1.82, 2.24) is 0 Å². The first-order valence-corrected chi connectivity index (χ1v) is 11.8. The van der Waals surface area contributed by atoms with Crippen LogP contribution in [0.25, 0.3) is 0 Å². The Labute approximate surface area is 169 Å². The molecule has 0 aromatic rings. The predicted octanol–water partition coefficient (Wildman–Crippen LogP) is 5.18. The molecular formula is C23H38O5. The third kappa shape index (κ3) is 3.17. The fraction of sp³-hybridized carbons (Fsp3) is 1.00. The van der Waals surface area contributed by atoms with E-state index in [9.17, 15) is 0 Å². The molecule has 0 aromatic heterocycles. The van der Waals surface area contributed by atoms with Gasteiger partial charge >= 0.3 is 0 Å². The quantitative estimate of drug-likeness (QED) is 0.615. The molecule has 1 spiro atoms. The van der Waals surface area contributed by atoms with E-state index in [1.165, 1.54) is 38.5 Å². The van der Waals surface area contributed by atoms with Gasteiger partial charge in [0.25, 0.3) is 0 Å². The summed E-state index contributed by atoms with van der Waals surface area (Å²) in [6.45, 7) is 7.41. The van der Waals surface area contributed by atoms with Crippen molar-refractivity contribution < 1.29 is 24.0 Å². The summed E-state index contributed by atoms with van der Waals surface area (Å²) in [6, 6.07) is 0. The van der Waals surface area contributed by atoms with Crippen molar-refractivity contribution in [3.8, 4) is 0 Å². The van der Waals surface area contributed by atoms with Crippen molar-refractivity contribution in [2.75, 3.05) is 6.61 Å². The number of rotatable bonds is 4. The molecule has 5 nitrogen and oxygen atoms in total. The molecule has 5 heteroatoms. The van der Waals surface area contributed by atoms with Crippen molar-refractivity contribution in [3.05, 3.63) is 0 Å². The topological polar surface area (TPSA) is 46.2 Å². The zero-order valence-corrected chi connectivity index (χ0v) is 17.9. The fourth-order valence-electron chi connectivity index (χ4n) is 6.89. The highest BCUT2D eigenvalue weighted by Gasteiger charge is 2.69. The van der Waals surface area contributed by atoms with Crippen LogP contribution in [0.2, 0.25) is 0 Å². The SMILES string of the molecule is C[C@@H]1CCC2[C@@H](C)[C@@H](OCCC3CCCCC3)O[C@@H]3OC4(C)CCC1[C@@]23OO4. The lowest BCUT2D eigenvalue weighted by Crippen LogP contribution is -2.70. The predicted molar refractivity (Wildman–Crippen MR) is 104 cm³/mol. The zero-order valence-electron chi connectivity index (χ0n) is 17.9. The standard InChI is InChI=1S/C23H38O5/c1-15-9-10-19-16(2)20(24-14-12-17-7-5-4-6-8-17)25-21-23(19)18(15)11-13-22(3,26-21)27-28-23/h15-21H,4-14H2,1-3H3/t15-,16-,18?,19?,20+,21-,22?,23-/m1/s1. The van der Waals surface area contributed by atoms with Crippen LogP contribution in [0.4, 0.5) is 0 Å². The van der Waals surface area contributed by atoms with Crippen LogP contribution in [-0.2, 0) is 24.0 Å². The van der Waals surface area contributed by atoms with Gasteiger partial charge in [-0.15, -0.1) is 0 Å². The lowest BCUT2D eigenvalue weighted by atomic mass is 9.58. The molecule has 0 aromatic carbocycles. The zero-order chi connectivity index (χ0) is 19.4. The molecule has 0 amide bonds. The minimum atomic E-state index is -0.704. The maximum atomic E-state index is 6.50. The van der Waals surface area contributed by atoms with E-state index in [-0.39, 0.29) is 18.5 Å². The number of hydrogen-bond donors (Lipinski definition) is 0. The number of fused-ring (bicyclic) bond motifs is 2. The van der Waals surface area contributed by atoms with E-state index in [1.54, 1.807) is 0 Å². The smallest absolute Gasteiger partial charge is 0.201 e. The summed E-state index contributed by atoms with van der Waals surface area (Å²) < 4.78 is 19.2. The molecule has 160 valence electrons. The number of hydrogen-bond acceptors (Lipinski definition) is 5. The van der Waals surface area contributed by atoms with E-state index in [2.05, 4.69) is 13.8 Å². The average Bonchev–Trinajstić information content (AvgIpc) is 2.92. The van der Waals surface area contributed by atoms with Crippen molar-refractivity contribution in [3.63, 3.8) is 0 Å². The Morgan fingerprint density at radius 2 is 1.75 bits per heavy atom. The Bertz CT molecular complexity index is 563. The summed E-state index contributed by atoms with van der Waals surface area (Å²) in [5, 5.41) is 0. The molecule has 4 aliphatic heterocycles. The van der Waals surface area contributed by atoms with E-state index in [0.29, 0.717) is 17.8 Å². The lowest BCUT2D eigenvalue weighted by molar-refractivity contribution is -0.577. The van der Waals surface area contributed by atoms with Gasteiger partial charge in [-0.05, 0) is 50.4 Å². The average molecular weight is 395 g/mol. The Kier molecular flexibility index (Phi) is 5.28. The molecular weight excluding hydrogens is 356 g/mol. The van der Waals surface area contributed by atoms with Crippen molar-refractivity contribution >= 4 is 0 Å². The largest absolute Gasteiger partial charge is 0.352 e. The molecule has 3 unspecified atom stereocenters. The van der Waals surface area contributed by atoms with Crippen LogP contribution in [-0.4, -0.2) is 30.6 Å². The van der Waals surface area contributed by atoms with E-state index in [4.69, 9.17) is 24.0 Å². The lowest BCUT2D eigenvalue weighted by Gasteiger charge is -2.60. The van der Waals surface area contributed by atoms with Gasteiger partial charge in [0.2, 0.25) is 5.79 Å². The maximum Gasteiger partial charge on any atom is 0.201 e. The van der Waals surface area contributed by atoms with Gasteiger partial charge in [0.1, 0.15) is 0 Å². The molecule has 4 saturated heterocycles. The highest BCUT2D eigenvalue weighted by Crippen LogP contribution is 2.60. The molecule has 2 aliphatic carbocycles. The van der Waals surface area contributed by atoms with E-state index >= 15 is 0 Å². The Morgan fingerprint density at radius 1 is 0.929 bits per heavy atom. The fourth-order valence-corrected chi connectivity index (χ4v) is 6.89. The van der Waals surface area contributed by atoms with E-state index in [0.717, 1.165) is 38.2 Å². The van der Waals surface area contributed by atoms with Gasteiger partial charge in [0.15, 0.2) is 18.2 Å². The van der Waals surface area contributed by atoms with Crippen molar-refractivity contribution in [2.24, 2.45) is 29.6 Å². The van der Waals surface area contributed by atoms with E-state index < -0.39 is 11.4 Å². The number of ether oxygens (including phenoxy) is 3. The Balaban J connectivity index is 1.31. The van der Waals surface area contributed by atoms with Crippen LogP contribution < -0.4 is 0 Å². The van der Waals surface area contributed by atoms with Gasteiger partial charge in [0, 0.05) is 18.3 Å². The first kappa shape index (κ1) is 19.7. The van der Waals surface area contributed by atoms with Crippen LogP contribution in [0, 0.1) is 29.6 Å². The molecule has 6 rings (SSSR count). The van der Waals surface area contributed by atoms with Gasteiger partial charge in [-0.2, -0.15) is 0 Å². The molecule has 28 heavy (non-hydrogen) atoms. The van der Waals surface area contributed by atoms with Crippen molar-refractivity contribution in [1.29, 1.82) is 0 Å². The molecule has 6 aliphatic rings. The van der Waals surface area contributed by atoms with Crippen LogP contribution in [0.3, 0.4) is 0 Å². The highest BCUT2D eigenvalue weighted by atomic mass is 17.3. The van der Waals surface area contributed by atoms with Crippen LogP contribution in [0.5, 0.6) is 0 Å². The van der Waals surface area contributed by atoms with Gasteiger partial charge in [0.05, 0.1) is 6.61 Å². The Morgan fingerprint density at radius 3 is 2.57 bits per heavy atom. The first-order valence-electron chi connectivity index (χ1n) is 11.8. The molecule has 6 fully saturated rings. The maximum absolute atomic E-state index is 6.50. The summed E-state index contributed by atoms with van der Waals surface area (Å²) in [5.41, 5.74) is -0.476. The second-order valence-corrected chi connectivity index (χ2v) is 10.4. The summed E-state index contributed by atoms with van der Waals surface area (Å²) in [6.07, 6.45) is 11.8. The second kappa shape index (κ2) is 7.49. The molecule has 0 radical (unpaired) electrons. The van der Waals surface area contributed by atoms with Crippen LogP contribution in [0.1, 0.15) is 85.0 Å². The molecule has 2 bridgehead atoms. The van der Waals surface area contributed by atoms with E-state index in [1.807, 2.05) is 6.92 Å². The molecule has 8 atom stereocenters. The molecule has 2 saturated carbocycles.